The number of nitrogens with zero attached hydrogens (tertiary/aromatic N) is 2. The van der Waals surface area contributed by atoms with Gasteiger partial charge in [0.25, 0.3) is 0 Å². The van der Waals surface area contributed by atoms with Gasteiger partial charge in [-0.25, -0.2) is 4.98 Å². The summed E-state index contributed by atoms with van der Waals surface area (Å²) in [6, 6.07) is 8.51. The Morgan fingerprint density at radius 2 is 2.11 bits per heavy atom. The van der Waals surface area contributed by atoms with Crippen LogP contribution in [-0.2, 0) is 20.1 Å². The Balaban J connectivity index is 1.72. The molecule has 0 saturated carbocycles. The molecule has 0 spiro atoms. The summed E-state index contributed by atoms with van der Waals surface area (Å²) in [7, 11) is 2.09. The molecule has 98 valence electrons. The smallest absolute Gasteiger partial charge is 0.107 e. The average Bonchev–Trinajstić information content (AvgIpc) is 2.96. The van der Waals surface area contributed by atoms with Crippen molar-refractivity contribution in [2.45, 2.75) is 20.0 Å². The number of nitrogens with one attached hydrogen (secondary N) is 1. The zero-order chi connectivity index (χ0) is 13.2. The van der Waals surface area contributed by atoms with Gasteiger partial charge in [-0.15, -0.1) is 11.3 Å². The van der Waals surface area contributed by atoms with Crippen molar-refractivity contribution in [3.05, 3.63) is 52.1 Å². The van der Waals surface area contributed by atoms with E-state index >= 15 is 0 Å². The molecule has 0 saturated heterocycles. The molecule has 0 aliphatic rings. The lowest BCUT2D eigenvalue weighted by molar-refractivity contribution is 0.690. The molecule has 2 heterocycles. The van der Waals surface area contributed by atoms with Crippen molar-refractivity contribution in [1.29, 1.82) is 0 Å². The van der Waals surface area contributed by atoms with Crippen LogP contribution >= 0.6 is 11.3 Å². The van der Waals surface area contributed by atoms with Gasteiger partial charge in [0.1, 0.15) is 5.01 Å². The maximum Gasteiger partial charge on any atom is 0.107 e. The fourth-order valence-electron chi connectivity index (χ4n) is 2.35. The topological polar surface area (TPSA) is 29.9 Å². The second-order valence-electron chi connectivity index (χ2n) is 4.77. The van der Waals surface area contributed by atoms with Crippen LogP contribution in [0.15, 0.2) is 35.8 Å². The van der Waals surface area contributed by atoms with Crippen LogP contribution in [0.3, 0.4) is 0 Å². The predicted molar refractivity (Wildman–Crippen MR) is 80.3 cm³/mol. The Bertz CT molecular complexity index is 696. The molecule has 0 atom stereocenters. The van der Waals surface area contributed by atoms with E-state index in [2.05, 4.69) is 57.8 Å². The van der Waals surface area contributed by atoms with Gasteiger partial charge in [0.15, 0.2) is 0 Å². The van der Waals surface area contributed by atoms with Crippen LogP contribution in [-0.4, -0.2) is 9.55 Å². The van der Waals surface area contributed by atoms with Gasteiger partial charge in [-0.1, -0.05) is 18.2 Å². The van der Waals surface area contributed by atoms with E-state index in [4.69, 9.17) is 0 Å². The monoisotopic (exact) mass is 271 g/mol. The molecule has 2 aromatic heterocycles. The molecule has 3 rings (SSSR count). The van der Waals surface area contributed by atoms with Gasteiger partial charge in [0.2, 0.25) is 0 Å². The molecule has 0 aliphatic heterocycles. The van der Waals surface area contributed by atoms with E-state index in [9.17, 15) is 0 Å². The molecule has 0 unspecified atom stereocenters. The zero-order valence-electron chi connectivity index (χ0n) is 11.2. The van der Waals surface area contributed by atoms with Crippen molar-refractivity contribution in [3.8, 4) is 0 Å². The number of hydrogen-bond donors (Lipinski definition) is 1. The number of benzene rings is 1. The van der Waals surface area contributed by atoms with Crippen molar-refractivity contribution in [1.82, 2.24) is 14.9 Å². The van der Waals surface area contributed by atoms with Crippen molar-refractivity contribution in [2.24, 2.45) is 7.05 Å². The first-order valence-electron chi connectivity index (χ1n) is 6.38. The molecule has 0 aliphatic carbocycles. The fourth-order valence-corrected chi connectivity index (χ4v) is 3.10. The fraction of sp³-hybridized carbons (Fsp3) is 0.267. The summed E-state index contributed by atoms with van der Waals surface area (Å²) in [5.74, 6) is 0. The highest BCUT2D eigenvalue weighted by Crippen LogP contribution is 2.20. The molecule has 4 heteroatoms. The SMILES string of the molecule is Cc1csc(CNCc2cn(C)c3ccccc23)n1. The third kappa shape index (κ3) is 2.55. The van der Waals surface area contributed by atoms with Gasteiger partial charge >= 0.3 is 0 Å². The maximum atomic E-state index is 4.46. The Kier molecular flexibility index (Phi) is 3.36. The minimum atomic E-state index is 0.835. The Hall–Kier alpha value is -1.65. The quantitative estimate of drug-likeness (QED) is 0.789. The highest BCUT2D eigenvalue weighted by Gasteiger charge is 2.05. The first kappa shape index (κ1) is 12.4. The molecular formula is C15H17N3S. The zero-order valence-corrected chi connectivity index (χ0v) is 12.0. The van der Waals surface area contributed by atoms with E-state index in [-0.39, 0.29) is 0 Å². The second-order valence-corrected chi connectivity index (χ2v) is 5.71. The number of para-hydroxylation sites is 1. The minimum absolute atomic E-state index is 0.835. The predicted octanol–water partition coefficient (Wildman–Crippen LogP) is 3.23. The largest absolute Gasteiger partial charge is 0.350 e. The molecule has 0 fully saturated rings. The summed E-state index contributed by atoms with van der Waals surface area (Å²) in [6.07, 6.45) is 2.20. The summed E-state index contributed by atoms with van der Waals surface area (Å²) in [5.41, 5.74) is 3.72. The van der Waals surface area contributed by atoms with Crippen molar-refractivity contribution < 1.29 is 0 Å². The molecule has 3 nitrogen and oxygen atoms in total. The van der Waals surface area contributed by atoms with E-state index < -0.39 is 0 Å². The number of rotatable bonds is 4. The molecule has 0 radical (unpaired) electrons. The van der Waals surface area contributed by atoms with Gasteiger partial charge in [-0.3, -0.25) is 0 Å². The van der Waals surface area contributed by atoms with Crippen molar-refractivity contribution >= 4 is 22.2 Å². The normalized spacial score (nSPS) is 11.3. The van der Waals surface area contributed by atoms with Crippen molar-refractivity contribution in [3.63, 3.8) is 0 Å². The molecule has 19 heavy (non-hydrogen) atoms. The summed E-state index contributed by atoms with van der Waals surface area (Å²) < 4.78 is 2.18. The van der Waals surface area contributed by atoms with Gasteiger partial charge < -0.3 is 9.88 Å². The highest BCUT2D eigenvalue weighted by molar-refractivity contribution is 7.09. The molecule has 0 amide bonds. The lowest BCUT2D eigenvalue weighted by Gasteiger charge is -2.01. The third-order valence-corrected chi connectivity index (χ3v) is 4.20. The number of thiazole rings is 1. The summed E-state index contributed by atoms with van der Waals surface area (Å²) in [4.78, 5) is 4.46. The van der Waals surface area contributed by atoms with Crippen LogP contribution in [0.4, 0.5) is 0 Å². The third-order valence-electron chi connectivity index (χ3n) is 3.24. The first-order valence-corrected chi connectivity index (χ1v) is 7.26. The molecule has 1 aromatic carbocycles. The van der Waals surface area contributed by atoms with Gasteiger partial charge in [0, 0.05) is 48.3 Å². The van der Waals surface area contributed by atoms with Crippen LogP contribution < -0.4 is 5.32 Å². The van der Waals surface area contributed by atoms with Crippen LogP contribution in [0, 0.1) is 6.92 Å². The van der Waals surface area contributed by atoms with Gasteiger partial charge in [0.05, 0.1) is 0 Å². The number of aromatic nitrogens is 2. The maximum absolute atomic E-state index is 4.46. The van der Waals surface area contributed by atoms with Crippen molar-refractivity contribution in [2.75, 3.05) is 0 Å². The Morgan fingerprint density at radius 1 is 1.26 bits per heavy atom. The Labute approximate surface area is 116 Å². The summed E-state index contributed by atoms with van der Waals surface area (Å²) >= 11 is 1.71. The Morgan fingerprint density at radius 3 is 2.89 bits per heavy atom. The van der Waals surface area contributed by atoms with E-state index in [1.54, 1.807) is 11.3 Å². The number of fused-ring (bicyclic) bond motifs is 1. The highest BCUT2D eigenvalue weighted by atomic mass is 32.1. The van der Waals surface area contributed by atoms with E-state index in [1.807, 2.05) is 6.92 Å². The molecule has 3 aromatic rings. The second kappa shape index (κ2) is 5.15. The molecule has 1 N–H and O–H groups in total. The van der Waals surface area contributed by atoms with Crippen LogP contribution in [0.1, 0.15) is 16.3 Å². The molecule has 0 bridgehead atoms. The minimum Gasteiger partial charge on any atom is -0.350 e. The first-order chi connectivity index (χ1) is 9.24. The summed E-state index contributed by atoms with van der Waals surface area (Å²) in [5, 5.41) is 8.04. The van der Waals surface area contributed by atoms with Crippen LogP contribution in [0.5, 0.6) is 0 Å². The average molecular weight is 271 g/mol. The van der Waals surface area contributed by atoms with Crippen LogP contribution in [0.2, 0.25) is 0 Å². The van der Waals surface area contributed by atoms with E-state index in [0.29, 0.717) is 0 Å². The number of aryl methyl sites for hydroxylation is 2. The van der Waals surface area contributed by atoms with Crippen LogP contribution in [0.25, 0.3) is 10.9 Å². The lowest BCUT2D eigenvalue weighted by Crippen LogP contribution is -2.12. The van der Waals surface area contributed by atoms with Gasteiger partial charge in [-0.2, -0.15) is 0 Å². The molecular weight excluding hydrogens is 254 g/mol. The lowest BCUT2D eigenvalue weighted by atomic mass is 10.2. The number of hydrogen-bond acceptors (Lipinski definition) is 3. The summed E-state index contributed by atoms with van der Waals surface area (Å²) in [6.45, 7) is 3.74. The van der Waals surface area contributed by atoms with E-state index in [1.165, 1.54) is 16.5 Å². The van der Waals surface area contributed by atoms with E-state index in [0.717, 1.165) is 23.8 Å². The standard InChI is InChI=1S/C15H17N3S/c1-11-10-19-15(17-11)8-16-7-12-9-18(2)14-6-4-3-5-13(12)14/h3-6,9-10,16H,7-8H2,1-2H3. The van der Waals surface area contributed by atoms with Gasteiger partial charge in [-0.05, 0) is 18.6 Å².